The van der Waals surface area contributed by atoms with Crippen molar-refractivity contribution in [3.05, 3.63) is 28.2 Å². The van der Waals surface area contributed by atoms with Gasteiger partial charge in [0.2, 0.25) is 5.91 Å². The third-order valence-electron chi connectivity index (χ3n) is 2.80. The van der Waals surface area contributed by atoms with Gasteiger partial charge >= 0.3 is 5.97 Å². The van der Waals surface area contributed by atoms with E-state index in [0.29, 0.717) is 17.2 Å². The number of halogens is 1. The Morgan fingerprint density at radius 2 is 2.28 bits per heavy atom. The van der Waals surface area contributed by atoms with Crippen molar-refractivity contribution >= 4 is 45.3 Å². The van der Waals surface area contributed by atoms with Gasteiger partial charge in [0, 0.05) is 15.9 Å². The molecule has 0 radical (unpaired) electrons. The number of hydrogen-bond acceptors (Lipinski definition) is 3. The number of thioether (sulfide) groups is 1. The summed E-state index contributed by atoms with van der Waals surface area (Å²) < 4.78 is 0.871. The Labute approximate surface area is 117 Å². The number of carboxylic acid groups (broad SMARTS) is 1. The summed E-state index contributed by atoms with van der Waals surface area (Å²) >= 11 is 4.76. The third-order valence-corrected chi connectivity index (χ3v) is 4.66. The fourth-order valence-electron chi connectivity index (χ4n) is 1.81. The Hall–Kier alpha value is -1.01. The smallest absolute Gasteiger partial charge is 0.327 e. The Morgan fingerprint density at radius 1 is 1.56 bits per heavy atom. The number of carbonyl (C=O) groups excluding carboxylic acids is 1. The summed E-state index contributed by atoms with van der Waals surface area (Å²) in [4.78, 5) is 24.5. The van der Waals surface area contributed by atoms with Crippen LogP contribution in [0.15, 0.2) is 22.7 Å². The lowest BCUT2D eigenvalue weighted by Crippen LogP contribution is -2.51. The van der Waals surface area contributed by atoms with E-state index in [1.807, 2.05) is 13.0 Å². The molecule has 0 saturated carbocycles. The molecular formula is C12H12BrNO3S. The van der Waals surface area contributed by atoms with Gasteiger partial charge in [-0.25, -0.2) is 4.79 Å². The minimum atomic E-state index is -0.966. The van der Waals surface area contributed by atoms with E-state index >= 15 is 0 Å². The number of carboxylic acids is 1. The molecule has 1 saturated heterocycles. The highest BCUT2D eigenvalue weighted by molar-refractivity contribution is 9.10. The van der Waals surface area contributed by atoms with Gasteiger partial charge in [0.25, 0.3) is 0 Å². The molecule has 18 heavy (non-hydrogen) atoms. The fourth-order valence-corrected chi connectivity index (χ4v) is 3.13. The van der Waals surface area contributed by atoms with Crippen molar-refractivity contribution in [1.82, 2.24) is 0 Å². The molecule has 1 aliphatic heterocycles. The molecule has 2 rings (SSSR count). The summed E-state index contributed by atoms with van der Waals surface area (Å²) in [5.74, 6) is -0.372. The molecule has 1 aromatic rings. The second-order valence-corrected chi connectivity index (χ2v) is 5.95. The number of carbonyl (C=O) groups is 2. The number of hydrogen-bond donors (Lipinski definition) is 1. The van der Waals surface area contributed by atoms with Crippen molar-refractivity contribution in [1.29, 1.82) is 0 Å². The average molecular weight is 330 g/mol. The van der Waals surface area contributed by atoms with E-state index in [9.17, 15) is 14.7 Å². The van der Waals surface area contributed by atoms with Gasteiger partial charge in [0.1, 0.15) is 6.04 Å². The topological polar surface area (TPSA) is 57.6 Å². The van der Waals surface area contributed by atoms with Crippen LogP contribution in [-0.4, -0.2) is 34.5 Å². The van der Waals surface area contributed by atoms with Crippen LogP contribution in [0.2, 0.25) is 0 Å². The molecule has 0 spiro atoms. The van der Waals surface area contributed by atoms with Crippen molar-refractivity contribution < 1.29 is 14.7 Å². The van der Waals surface area contributed by atoms with Crippen LogP contribution in [0.4, 0.5) is 5.69 Å². The van der Waals surface area contributed by atoms with Gasteiger partial charge in [-0.2, -0.15) is 0 Å². The molecule has 1 atom stereocenters. The number of benzene rings is 1. The predicted molar refractivity (Wildman–Crippen MR) is 75.1 cm³/mol. The predicted octanol–water partition coefficient (Wildman–Crippen LogP) is 2.29. The maximum absolute atomic E-state index is 11.9. The number of rotatable bonds is 2. The number of anilines is 1. The van der Waals surface area contributed by atoms with Crippen LogP contribution in [0.25, 0.3) is 0 Å². The third kappa shape index (κ3) is 2.54. The summed E-state index contributed by atoms with van der Waals surface area (Å²) in [5.41, 5.74) is 1.68. The second-order valence-electron chi connectivity index (χ2n) is 4.07. The first-order valence-corrected chi connectivity index (χ1v) is 7.34. The number of aliphatic carboxylic acids is 1. The summed E-state index contributed by atoms with van der Waals surface area (Å²) in [5, 5.41) is 9.19. The van der Waals surface area contributed by atoms with E-state index < -0.39 is 12.0 Å². The SMILES string of the molecule is Cc1ccc(N2C(=O)CSCC2C(=O)O)cc1Br. The zero-order valence-corrected chi connectivity index (χ0v) is 12.1. The summed E-state index contributed by atoms with van der Waals surface area (Å²) in [6.45, 7) is 1.94. The molecule has 6 heteroatoms. The first-order chi connectivity index (χ1) is 8.50. The molecule has 96 valence electrons. The molecule has 1 N–H and O–H groups in total. The minimum Gasteiger partial charge on any atom is -0.480 e. The zero-order valence-electron chi connectivity index (χ0n) is 9.72. The van der Waals surface area contributed by atoms with Gasteiger partial charge in [0.05, 0.1) is 5.75 Å². The van der Waals surface area contributed by atoms with E-state index in [0.717, 1.165) is 10.0 Å². The Bertz CT molecular complexity index is 506. The molecule has 0 aromatic heterocycles. The molecule has 1 aliphatic rings. The van der Waals surface area contributed by atoms with Crippen molar-refractivity contribution in [2.75, 3.05) is 16.4 Å². The molecule has 4 nitrogen and oxygen atoms in total. The van der Waals surface area contributed by atoms with Gasteiger partial charge in [-0.1, -0.05) is 22.0 Å². The first-order valence-electron chi connectivity index (χ1n) is 5.39. The highest BCUT2D eigenvalue weighted by atomic mass is 79.9. The second kappa shape index (κ2) is 5.32. The lowest BCUT2D eigenvalue weighted by Gasteiger charge is -2.32. The van der Waals surface area contributed by atoms with Crippen LogP contribution < -0.4 is 4.90 Å². The Kier molecular flexibility index (Phi) is 3.97. The minimum absolute atomic E-state index is 0.158. The summed E-state index contributed by atoms with van der Waals surface area (Å²) in [7, 11) is 0. The van der Waals surface area contributed by atoms with Crippen molar-refractivity contribution in [3.8, 4) is 0 Å². The van der Waals surface area contributed by atoms with Gasteiger partial charge in [0.15, 0.2) is 0 Å². The Morgan fingerprint density at radius 3 is 2.89 bits per heavy atom. The highest BCUT2D eigenvalue weighted by Gasteiger charge is 2.34. The van der Waals surface area contributed by atoms with Crippen LogP contribution in [0.3, 0.4) is 0 Å². The monoisotopic (exact) mass is 329 g/mol. The van der Waals surface area contributed by atoms with Crippen LogP contribution in [0, 0.1) is 6.92 Å². The van der Waals surface area contributed by atoms with Gasteiger partial charge in [-0.15, -0.1) is 11.8 Å². The highest BCUT2D eigenvalue weighted by Crippen LogP contribution is 2.29. The molecule has 1 unspecified atom stereocenters. The molecule has 1 amide bonds. The van der Waals surface area contributed by atoms with Crippen molar-refractivity contribution in [2.24, 2.45) is 0 Å². The molecule has 1 heterocycles. The van der Waals surface area contributed by atoms with Gasteiger partial charge < -0.3 is 5.11 Å². The number of amides is 1. The normalized spacial score (nSPS) is 20.0. The van der Waals surface area contributed by atoms with E-state index in [1.54, 1.807) is 12.1 Å². The maximum Gasteiger partial charge on any atom is 0.327 e. The van der Waals surface area contributed by atoms with Crippen LogP contribution in [-0.2, 0) is 9.59 Å². The largest absolute Gasteiger partial charge is 0.480 e. The standard InChI is InChI=1S/C12H12BrNO3S/c1-7-2-3-8(4-9(7)13)14-10(12(16)17)5-18-6-11(14)15/h2-4,10H,5-6H2,1H3,(H,16,17). The Balaban J connectivity index is 2.40. The average Bonchev–Trinajstić information content (AvgIpc) is 2.32. The lowest BCUT2D eigenvalue weighted by molar-refractivity contribution is -0.139. The number of aryl methyl sites for hydroxylation is 1. The fraction of sp³-hybridized carbons (Fsp3) is 0.333. The van der Waals surface area contributed by atoms with E-state index in [4.69, 9.17) is 0 Å². The van der Waals surface area contributed by atoms with Crippen LogP contribution >= 0.6 is 27.7 Å². The van der Waals surface area contributed by atoms with E-state index in [-0.39, 0.29) is 5.91 Å². The molecule has 1 aromatic carbocycles. The van der Waals surface area contributed by atoms with Crippen molar-refractivity contribution in [3.63, 3.8) is 0 Å². The first kappa shape index (κ1) is 13.4. The molecule has 1 fully saturated rings. The quantitative estimate of drug-likeness (QED) is 0.904. The van der Waals surface area contributed by atoms with Gasteiger partial charge in [-0.3, -0.25) is 9.69 Å². The van der Waals surface area contributed by atoms with E-state index in [2.05, 4.69) is 15.9 Å². The summed E-state index contributed by atoms with van der Waals surface area (Å²) in [6, 6.07) is 4.65. The zero-order chi connectivity index (χ0) is 13.3. The van der Waals surface area contributed by atoms with Gasteiger partial charge in [-0.05, 0) is 24.6 Å². The molecule has 0 bridgehead atoms. The molecular weight excluding hydrogens is 318 g/mol. The van der Waals surface area contributed by atoms with Crippen LogP contribution in [0.5, 0.6) is 0 Å². The maximum atomic E-state index is 11.9. The summed E-state index contributed by atoms with van der Waals surface area (Å²) in [6.07, 6.45) is 0. The van der Waals surface area contributed by atoms with Crippen LogP contribution in [0.1, 0.15) is 5.56 Å². The van der Waals surface area contributed by atoms with E-state index in [1.165, 1.54) is 16.7 Å². The van der Waals surface area contributed by atoms with Crippen molar-refractivity contribution in [2.45, 2.75) is 13.0 Å². The lowest BCUT2D eigenvalue weighted by atomic mass is 10.1. The number of nitrogens with zero attached hydrogens (tertiary/aromatic N) is 1. The molecule has 0 aliphatic carbocycles.